The lowest BCUT2D eigenvalue weighted by molar-refractivity contribution is -0.161. The largest absolute Gasteiger partial charge is 0.472 e. The minimum atomic E-state index is -4.95. The van der Waals surface area contributed by atoms with E-state index in [9.17, 15) is 43.2 Å². The van der Waals surface area contributed by atoms with Gasteiger partial charge >= 0.3 is 39.5 Å². The highest BCUT2D eigenvalue weighted by Gasteiger charge is 2.30. The second-order valence-corrected chi connectivity index (χ2v) is 29.5. The van der Waals surface area contributed by atoms with Crippen LogP contribution in [0.5, 0.6) is 0 Å². The third-order valence-electron chi connectivity index (χ3n) is 16.2. The van der Waals surface area contributed by atoms with Crippen LogP contribution >= 0.6 is 15.6 Å². The van der Waals surface area contributed by atoms with Crippen LogP contribution < -0.4 is 0 Å². The zero-order valence-electron chi connectivity index (χ0n) is 57.3. The number of ether oxygens (including phenoxy) is 4. The molecular formula is C69H134O17P2. The standard InChI is InChI=1S/C69H134O17P2/c1-9-62(8)48-40-32-23-16-14-12-10-11-13-15-17-24-33-41-49-66(71)79-56-65(86-69(74)52-44-36-28-27-31-39-47-61(6)7)58-84-88(77,78)82-54-63(70)53-81-87(75,76)83-57-64(55-80-67(72)50-42-34-26-20-22-30-38-46-60(4)5)85-68(73)51-43-35-25-19-18-21-29-37-45-59(2)3/h59-65,70H,9-58H2,1-8H3,(H,75,76)(H,77,78)/t62?,63?,64-,65-/m1/s1. The van der Waals surface area contributed by atoms with E-state index in [2.05, 4.69) is 55.4 Å². The zero-order chi connectivity index (χ0) is 65.4. The van der Waals surface area contributed by atoms with Gasteiger partial charge in [0.05, 0.1) is 26.4 Å². The molecule has 0 bridgehead atoms. The van der Waals surface area contributed by atoms with E-state index in [0.29, 0.717) is 37.5 Å². The van der Waals surface area contributed by atoms with Gasteiger partial charge < -0.3 is 33.8 Å². The first-order chi connectivity index (χ1) is 42.1. The van der Waals surface area contributed by atoms with Crippen LogP contribution in [-0.4, -0.2) is 96.7 Å². The van der Waals surface area contributed by atoms with Gasteiger partial charge in [-0.15, -0.1) is 0 Å². The van der Waals surface area contributed by atoms with E-state index in [1.807, 2.05) is 0 Å². The third kappa shape index (κ3) is 61.6. The van der Waals surface area contributed by atoms with Crippen molar-refractivity contribution in [3.8, 4) is 0 Å². The summed E-state index contributed by atoms with van der Waals surface area (Å²) in [7, 11) is -9.90. The topological polar surface area (TPSA) is 237 Å². The molecule has 0 radical (unpaired) electrons. The molecule has 0 amide bonds. The molecule has 3 N–H and O–H groups in total. The van der Waals surface area contributed by atoms with Crippen molar-refractivity contribution in [3.63, 3.8) is 0 Å². The summed E-state index contributed by atoms with van der Waals surface area (Å²) in [5, 5.41) is 10.6. The molecule has 0 heterocycles. The van der Waals surface area contributed by atoms with Crippen LogP contribution in [-0.2, 0) is 65.4 Å². The van der Waals surface area contributed by atoms with Crippen molar-refractivity contribution in [1.82, 2.24) is 0 Å². The Labute approximate surface area is 537 Å². The van der Waals surface area contributed by atoms with Crippen LogP contribution in [0.15, 0.2) is 0 Å². The number of carbonyl (C=O) groups excluding carboxylic acids is 4. The summed E-state index contributed by atoms with van der Waals surface area (Å²) in [6, 6.07) is 0. The zero-order valence-corrected chi connectivity index (χ0v) is 59.1. The lowest BCUT2D eigenvalue weighted by atomic mass is 9.99. The molecule has 88 heavy (non-hydrogen) atoms. The van der Waals surface area contributed by atoms with Crippen molar-refractivity contribution in [1.29, 1.82) is 0 Å². The average Bonchev–Trinajstić information content (AvgIpc) is 3.70. The van der Waals surface area contributed by atoms with Crippen molar-refractivity contribution in [2.24, 2.45) is 23.7 Å². The Morgan fingerprint density at radius 2 is 0.545 bits per heavy atom. The predicted octanol–water partition coefficient (Wildman–Crippen LogP) is 19.3. The quantitative estimate of drug-likeness (QED) is 0.0222. The molecule has 0 spiro atoms. The SMILES string of the molecule is CCC(C)CCCCCCCCCCCCCCCCC(=O)OC[C@H](COP(=O)(O)OCC(O)COP(=O)(O)OC[C@@H](COC(=O)CCCCCCCCCC(C)C)OC(=O)CCCCCCCCCCC(C)C)OC(=O)CCCCCCCCC(C)C. The maximum atomic E-state index is 13.0. The molecule has 0 aromatic rings. The highest BCUT2D eigenvalue weighted by Crippen LogP contribution is 2.45. The number of aliphatic hydroxyl groups excluding tert-OH is 1. The van der Waals surface area contributed by atoms with Crippen LogP contribution in [0, 0.1) is 23.7 Å². The Hall–Kier alpha value is -1.94. The maximum Gasteiger partial charge on any atom is 0.472 e. The number of phosphoric acid groups is 2. The Morgan fingerprint density at radius 1 is 0.318 bits per heavy atom. The first-order valence-electron chi connectivity index (χ1n) is 35.7. The van der Waals surface area contributed by atoms with Gasteiger partial charge in [-0.3, -0.25) is 37.3 Å². The predicted molar refractivity (Wildman–Crippen MR) is 354 cm³/mol. The normalized spacial score (nSPS) is 14.6. The summed E-state index contributed by atoms with van der Waals surface area (Å²) in [5.41, 5.74) is 0. The van der Waals surface area contributed by atoms with Gasteiger partial charge in [0, 0.05) is 25.7 Å². The van der Waals surface area contributed by atoms with Crippen molar-refractivity contribution >= 4 is 39.5 Å². The van der Waals surface area contributed by atoms with Gasteiger partial charge in [-0.05, 0) is 49.4 Å². The van der Waals surface area contributed by atoms with E-state index < -0.39 is 97.5 Å². The van der Waals surface area contributed by atoms with Crippen LogP contribution in [0.4, 0.5) is 0 Å². The summed E-state index contributed by atoms with van der Waals surface area (Å²) in [5.74, 6) is 0.805. The molecule has 4 unspecified atom stereocenters. The van der Waals surface area contributed by atoms with Gasteiger partial charge in [-0.25, -0.2) is 9.13 Å². The summed E-state index contributed by atoms with van der Waals surface area (Å²) in [4.78, 5) is 72.4. The molecule has 0 aliphatic carbocycles. The second-order valence-electron chi connectivity index (χ2n) is 26.6. The van der Waals surface area contributed by atoms with Gasteiger partial charge in [-0.1, -0.05) is 287 Å². The Morgan fingerprint density at radius 3 is 0.807 bits per heavy atom. The van der Waals surface area contributed by atoms with Gasteiger partial charge in [0.1, 0.15) is 19.3 Å². The fourth-order valence-electron chi connectivity index (χ4n) is 10.3. The van der Waals surface area contributed by atoms with E-state index in [0.717, 1.165) is 108 Å². The Kier molecular flexibility index (Phi) is 57.6. The first-order valence-corrected chi connectivity index (χ1v) is 38.7. The van der Waals surface area contributed by atoms with Crippen LogP contribution in [0.3, 0.4) is 0 Å². The van der Waals surface area contributed by atoms with Crippen LogP contribution in [0.25, 0.3) is 0 Å². The number of esters is 4. The average molecular weight is 1300 g/mol. The number of rotatable bonds is 66. The first kappa shape index (κ1) is 86.1. The molecule has 0 aliphatic rings. The maximum absolute atomic E-state index is 13.0. The molecular weight excluding hydrogens is 1160 g/mol. The molecule has 0 saturated carbocycles. The molecule has 522 valence electrons. The second kappa shape index (κ2) is 58.8. The van der Waals surface area contributed by atoms with Crippen molar-refractivity contribution in [3.05, 3.63) is 0 Å². The summed E-state index contributed by atoms with van der Waals surface area (Å²) in [6.45, 7) is 14.0. The van der Waals surface area contributed by atoms with Gasteiger partial charge in [-0.2, -0.15) is 0 Å². The summed E-state index contributed by atoms with van der Waals surface area (Å²) >= 11 is 0. The van der Waals surface area contributed by atoms with E-state index in [1.165, 1.54) is 135 Å². The number of phosphoric ester groups is 2. The molecule has 0 aromatic carbocycles. The Bertz CT molecular complexity index is 1750. The van der Waals surface area contributed by atoms with Gasteiger partial charge in [0.25, 0.3) is 0 Å². The monoisotopic (exact) mass is 1300 g/mol. The molecule has 0 fully saturated rings. The molecule has 0 rings (SSSR count). The smallest absolute Gasteiger partial charge is 0.462 e. The van der Waals surface area contributed by atoms with Crippen molar-refractivity contribution in [2.75, 3.05) is 39.6 Å². The number of unbranched alkanes of at least 4 members (excludes halogenated alkanes) is 31. The molecule has 0 saturated heterocycles. The number of hydrogen-bond acceptors (Lipinski definition) is 15. The number of hydrogen-bond donors (Lipinski definition) is 3. The molecule has 6 atom stereocenters. The minimum Gasteiger partial charge on any atom is -0.462 e. The van der Waals surface area contributed by atoms with E-state index in [-0.39, 0.29) is 25.7 Å². The molecule has 17 nitrogen and oxygen atoms in total. The highest BCUT2D eigenvalue weighted by molar-refractivity contribution is 7.47. The van der Waals surface area contributed by atoms with Crippen LogP contribution in [0.1, 0.15) is 338 Å². The fourth-order valence-corrected chi connectivity index (χ4v) is 11.9. The van der Waals surface area contributed by atoms with E-state index >= 15 is 0 Å². The van der Waals surface area contributed by atoms with Gasteiger partial charge in [0.2, 0.25) is 0 Å². The number of aliphatic hydroxyl groups is 1. The highest BCUT2D eigenvalue weighted by atomic mass is 31.2. The fraction of sp³-hybridized carbons (Fsp3) is 0.942. The summed E-state index contributed by atoms with van der Waals surface area (Å²) in [6.07, 6.45) is 40.6. The number of carbonyl (C=O) groups is 4. The van der Waals surface area contributed by atoms with Crippen LogP contribution in [0.2, 0.25) is 0 Å². The molecule has 0 aliphatic heterocycles. The van der Waals surface area contributed by atoms with E-state index in [1.54, 1.807) is 0 Å². The minimum absolute atomic E-state index is 0.102. The molecule has 0 aromatic heterocycles. The van der Waals surface area contributed by atoms with Crippen molar-refractivity contribution < 1.29 is 80.2 Å². The van der Waals surface area contributed by atoms with Crippen molar-refractivity contribution in [2.45, 2.75) is 356 Å². The van der Waals surface area contributed by atoms with Gasteiger partial charge in [0.15, 0.2) is 12.2 Å². The van der Waals surface area contributed by atoms with E-state index in [4.69, 9.17) is 37.0 Å². The lowest BCUT2D eigenvalue weighted by Gasteiger charge is -2.21. The lowest BCUT2D eigenvalue weighted by Crippen LogP contribution is -2.30. The third-order valence-corrected chi connectivity index (χ3v) is 18.1. The molecule has 19 heteroatoms. The Balaban J connectivity index is 5.17. The summed E-state index contributed by atoms with van der Waals surface area (Å²) < 4.78 is 68.1.